The van der Waals surface area contributed by atoms with Crippen molar-refractivity contribution in [3.05, 3.63) is 89.7 Å². The smallest absolute Gasteiger partial charge is 0.305 e. The summed E-state index contributed by atoms with van der Waals surface area (Å²) in [5.41, 5.74) is 8.61. The summed E-state index contributed by atoms with van der Waals surface area (Å²) in [7, 11) is 1.87. The van der Waals surface area contributed by atoms with Gasteiger partial charge in [0.15, 0.2) is 0 Å². The normalized spacial score (nSPS) is 10.5. The van der Waals surface area contributed by atoms with E-state index in [9.17, 15) is 9.59 Å². The lowest BCUT2D eigenvalue weighted by molar-refractivity contribution is -0.136. The summed E-state index contributed by atoms with van der Waals surface area (Å²) >= 11 is 0. The summed E-state index contributed by atoms with van der Waals surface area (Å²) in [5, 5.41) is 16.6. The van der Waals surface area contributed by atoms with E-state index in [4.69, 9.17) is 21.0 Å². The number of rotatable bonds is 9. The van der Waals surface area contributed by atoms with Gasteiger partial charge in [0.1, 0.15) is 24.0 Å². The van der Waals surface area contributed by atoms with Gasteiger partial charge in [-0.2, -0.15) is 0 Å². The zero-order chi connectivity index (χ0) is 24.9. The maximum atomic E-state index is 13.3. The van der Waals surface area contributed by atoms with E-state index in [2.05, 4.69) is 4.98 Å². The summed E-state index contributed by atoms with van der Waals surface area (Å²) in [6.07, 6.45) is -0.165. The Morgan fingerprint density at radius 1 is 1.06 bits per heavy atom. The Kier molecular flexibility index (Phi) is 8.29. The number of carbonyl (C=O) groups excluding carboxylic acids is 1. The van der Waals surface area contributed by atoms with Gasteiger partial charge in [0.05, 0.1) is 17.5 Å². The molecule has 0 fully saturated rings. The van der Waals surface area contributed by atoms with Crippen LogP contribution >= 0.6 is 12.4 Å². The van der Waals surface area contributed by atoms with Crippen LogP contribution in [0.5, 0.6) is 5.75 Å². The number of nitrogens with zero attached hydrogens (tertiary/aromatic N) is 3. The van der Waals surface area contributed by atoms with Gasteiger partial charge in [-0.05, 0) is 54.6 Å². The number of anilines is 1. The molecule has 0 unspecified atom stereocenters. The van der Waals surface area contributed by atoms with E-state index in [0.717, 1.165) is 5.52 Å². The first-order valence-corrected chi connectivity index (χ1v) is 10.9. The molecule has 4 N–H and O–H groups in total. The molecule has 0 bridgehead atoms. The van der Waals surface area contributed by atoms with E-state index >= 15 is 0 Å². The maximum absolute atomic E-state index is 13.3. The average molecular weight is 508 g/mol. The summed E-state index contributed by atoms with van der Waals surface area (Å²) in [4.78, 5) is 30.6. The predicted molar refractivity (Wildman–Crippen MR) is 140 cm³/mol. The Labute approximate surface area is 214 Å². The Balaban J connectivity index is 0.00000361. The van der Waals surface area contributed by atoms with E-state index in [1.165, 1.54) is 4.90 Å². The number of halogens is 1. The lowest BCUT2D eigenvalue weighted by Gasteiger charge is -2.22. The molecule has 36 heavy (non-hydrogen) atoms. The minimum Gasteiger partial charge on any atom is -0.486 e. The number of carboxylic acids is 1. The molecule has 9 nitrogen and oxygen atoms in total. The summed E-state index contributed by atoms with van der Waals surface area (Å²) in [5.74, 6) is 0.0137. The van der Waals surface area contributed by atoms with Gasteiger partial charge in [0.25, 0.3) is 5.91 Å². The standard InChI is InChI=1S/C26H25N5O4.ClH/c1-30-22-12-9-18(26(34)31(14-13-24(32)33)19-5-3-2-4-6-19)15-21(22)29-23(30)16-35-20-10-7-17(8-11-20)25(27)28;/h2-12,15H,13-14,16H2,1H3,(H3,27,28)(H,32,33);1H. The minimum absolute atomic E-state index is 0. The molecule has 0 spiro atoms. The van der Waals surface area contributed by atoms with Crippen LogP contribution in [-0.2, 0) is 18.4 Å². The van der Waals surface area contributed by atoms with Crippen molar-refractivity contribution in [2.75, 3.05) is 11.4 Å². The van der Waals surface area contributed by atoms with E-state index in [1.807, 2.05) is 23.7 Å². The Morgan fingerprint density at radius 2 is 1.72 bits per heavy atom. The van der Waals surface area contributed by atoms with Gasteiger partial charge in [-0.15, -0.1) is 12.4 Å². The van der Waals surface area contributed by atoms with E-state index < -0.39 is 5.97 Å². The Hall–Kier alpha value is -4.37. The third-order valence-corrected chi connectivity index (χ3v) is 5.62. The molecule has 1 amide bonds. The number of fused-ring (bicyclic) bond motifs is 1. The SMILES string of the molecule is Cl.Cn1c(COc2ccc(C(=N)N)cc2)nc2cc(C(=O)N(CCC(=O)O)c3ccccc3)ccc21. The molecule has 4 rings (SSSR count). The van der Waals surface area contributed by atoms with Crippen LogP contribution in [0.3, 0.4) is 0 Å². The highest BCUT2D eigenvalue weighted by Gasteiger charge is 2.20. The molecule has 10 heteroatoms. The summed E-state index contributed by atoms with van der Waals surface area (Å²) in [6.45, 7) is 0.266. The zero-order valence-corrected chi connectivity index (χ0v) is 20.4. The van der Waals surface area contributed by atoms with Crippen LogP contribution in [0.4, 0.5) is 5.69 Å². The van der Waals surface area contributed by atoms with Gasteiger partial charge >= 0.3 is 5.97 Å². The first-order valence-electron chi connectivity index (χ1n) is 10.9. The second-order valence-electron chi connectivity index (χ2n) is 7.95. The van der Waals surface area contributed by atoms with Crippen molar-refractivity contribution in [3.63, 3.8) is 0 Å². The number of imidazole rings is 1. The van der Waals surface area contributed by atoms with Gasteiger partial charge in [0.2, 0.25) is 0 Å². The fraction of sp³-hybridized carbons (Fsp3) is 0.154. The van der Waals surface area contributed by atoms with Crippen LogP contribution in [0.2, 0.25) is 0 Å². The number of hydrogen-bond donors (Lipinski definition) is 3. The van der Waals surface area contributed by atoms with Crippen molar-refractivity contribution in [2.24, 2.45) is 12.8 Å². The number of nitrogen functional groups attached to an aromatic ring is 1. The fourth-order valence-electron chi connectivity index (χ4n) is 3.71. The molecular formula is C26H26ClN5O4. The summed E-state index contributed by atoms with van der Waals surface area (Å²) in [6, 6.07) is 21.2. The first-order chi connectivity index (χ1) is 16.8. The van der Waals surface area contributed by atoms with E-state index in [1.54, 1.807) is 60.7 Å². The third kappa shape index (κ3) is 5.81. The van der Waals surface area contributed by atoms with Crippen molar-refractivity contribution in [1.29, 1.82) is 5.41 Å². The zero-order valence-electron chi connectivity index (χ0n) is 19.5. The number of nitrogens with one attached hydrogen (secondary N) is 1. The molecule has 1 heterocycles. The molecule has 4 aromatic rings. The number of aliphatic carboxylic acids is 1. The topological polar surface area (TPSA) is 135 Å². The highest BCUT2D eigenvalue weighted by atomic mass is 35.5. The van der Waals surface area contributed by atoms with E-state index in [-0.39, 0.29) is 43.7 Å². The van der Waals surface area contributed by atoms with Crippen molar-refractivity contribution < 1.29 is 19.4 Å². The molecule has 186 valence electrons. The number of benzene rings is 3. The molecule has 0 radical (unpaired) electrons. The summed E-state index contributed by atoms with van der Waals surface area (Å²) < 4.78 is 7.74. The van der Waals surface area contributed by atoms with Crippen LogP contribution in [0.15, 0.2) is 72.8 Å². The van der Waals surface area contributed by atoms with Crippen LogP contribution in [0.25, 0.3) is 11.0 Å². The lowest BCUT2D eigenvalue weighted by atomic mass is 10.1. The monoisotopic (exact) mass is 507 g/mol. The van der Waals surface area contributed by atoms with Crippen LogP contribution < -0.4 is 15.4 Å². The molecule has 0 aliphatic rings. The van der Waals surface area contributed by atoms with Crippen LogP contribution in [0, 0.1) is 5.41 Å². The largest absolute Gasteiger partial charge is 0.486 e. The van der Waals surface area contributed by atoms with Crippen LogP contribution in [-0.4, -0.2) is 38.9 Å². The van der Waals surface area contributed by atoms with Crippen molar-refractivity contribution in [1.82, 2.24) is 9.55 Å². The van der Waals surface area contributed by atoms with Gasteiger partial charge in [-0.1, -0.05) is 18.2 Å². The molecule has 1 aromatic heterocycles. The van der Waals surface area contributed by atoms with Gasteiger partial charge in [-0.3, -0.25) is 15.0 Å². The predicted octanol–water partition coefficient (Wildman–Crippen LogP) is 3.98. The number of nitrogens with two attached hydrogens (primary N) is 1. The number of para-hydroxylation sites is 1. The number of carboxylic acid groups (broad SMARTS) is 1. The minimum atomic E-state index is -0.973. The third-order valence-electron chi connectivity index (χ3n) is 5.62. The van der Waals surface area contributed by atoms with Crippen LogP contribution in [0.1, 0.15) is 28.2 Å². The molecule has 0 saturated heterocycles. The molecule has 3 aromatic carbocycles. The fourth-order valence-corrected chi connectivity index (χ4v) is 3.71. The van der Waals surface area contributed by atoms with Gasteiger partial charge in [0, 0.05) is 30.4 Å². The number of aryl methyl sites for hydroxylation is 1. The highest BCUT2D eigenvalue weighted by molar-refractivity contribution is 6.07. The number of hydrogen-bond acceptors (Lipinski definition) is 5. The Bertz CT molecular complexity index is 1390. The molecular weight excluding hydrogens is 482 g/mol. The van der Waals surface area contributed by atoms with E-state index in [0.29, 0.717) is 33.9 Å². The van der Waals surface area contributed by atoms with Gasteiger partial charge < -0.3 is 25.0 Å². The molecule has 0 aliphatic heterocycles. The molecule has 0 atom stereocenters. The molecule has 0 aliphatic carbocycles. The Morgan fingerprint density at radius 3 is 2.36 bits per heavy atom. The molecule has 0 saturated carbocycles. The van der Waals surface area contributed by atoms with Gasteiger partial charge in [-0.25, -0.2) is 4.98 Å². The van der Waals surface area contributed by atoms with Crippen molar-refractivity contribution in [2.45, 2.75) is 13.0 Å². The number of aromatic nitrogens is 2. The van der Waals surface area contributed by atoms with Crippen molar-refractivity contribution in [3.8, 4) is 5.75 Å². The second kappa shape index (κ2) is 11.4. The van der Waals surface area contributed by atoms with Crippen molar-refractivity contribution >= 4 is 46.8 Å². The quantitative estimate of drug-likeness (QED) is 0.232. The second-order valence-corrected chi connectivity index (χ2v) is 7.95. The average Bonchev–Trinajstić information content (AvgIpc) is 3.18. The number of amidine groups is 1. The number of carbonyl (C=O) groups is 2. The lowest BCUT2D eigenvalue weighted by Crippen LogP contribution is -2.33. The number of amides is 1. The maximum Gasteiger partial charge on any atom is 0.305 e. The first kappa shape index (κ1) is 26.2. The number of ether oxygens (including phenoxy) is 1. The highest BCUT2D eigenvalue weighted by Crippen LogP contribution is 2.22.